The Morgan fingerprint density at radius 1 is 0.763 bits per heavy atom. The van der Waals surface area contributed by atoms with E-state index in [1.807, 2.05) is 23.6 Å². The minimum absolute atomic E-state index is 0.265. The number of carbonyl (C=O) groups excluding carboxylic acids is 2. The summed E-state index contributed by atoms with van der Waals surface area (Å²) in [6, 6.07) is 14.2. The van der Waals surface area contributed by atoms with E-state index in [0.717, 1.165) is 25.9 Å². The summed E-state index contributed by atoms with van der Waals surface area (Å²) in [7, 11) is 0. The topological polar surface area (TPSA) is 110 Å². The maximum absolute atomic E-state index is 11.1. The first-order valence-corrected chi connectivity index (χ1v) is 13.1. The van der Waals surface area contributed by atoms with Gasteiger partial charge in [-0.2, -0.15) is 0 Å². The Bertz CT molecular complexity index is 1630. The van der Waals surface area contributed by atoms with E-state index < -0.39 is 0 Å². The molecule has 5 aromatic heterocycles. The summed E-state index contributed by atoms with van der Waals surface area (Å²) in [5.41, 5.74) is 2.74. The van der Waals surface area contributed by atoms with Crippen molar-refractivity contribution in [1.29, 1.82) is 0 Å². The lowest BCUT2D eigenvalue weighted by Crippen LogP contribution is -2.14. The number of ether oxygens (including phenoxy) is 4. The van der Waals surface area contributed by atoms with E-state index in [1.165, 1.54) is 6.20 Å². The van der Waals surface area contributed by atoms with Crippen LogP contribution in [0, 0.1) is 0 Å². The minimum atomic E-state index is 0.265. The zero-order valence-corrected chi connectivity index (χ0v) is 21.2. The van der Waals surface area contributed by atoms with Gasteiger partial charge in [0.2, 0.25) is 0 Å². The molecule has 0 saturated heterocycles. The van der Waals surface area contributed by atoms with Crippen LogP contribution >= 0.6 is 22.7 Å². The molecule has 0 saturated carbocycles. The maximum Gasteiger partial charge on any atom is 0.298 e. The van der Waals surface area contributed by atoms with Crippen molar-refractivity contribution in [2.75, 3.05) is 13.2 Å². The number of thiophene rings is 2. The number of hydrogen-bond acceptors (Lipinski definition) is 11. The molecule has 38 heavy (non-hydrogen) atoms. The monoisotopic (exact) mass is 543 g/mol. The van der Waals surface area contributed by atoms with E-state index in [0.29, 0.717) is 60.4 Å². The first-order valence-electron chi connectivity index (χ1n) is 11.4. The van der Waals surface area contributed by atoms with Gasteiger partial charge in [0.25, 0.3) is 12.9 Å². The quantitative estimate of drug-likeness (QED) is 0.234. The third-order valence-electron chi connectivity index (χ3n) is 5.59. The number of hydrogen-bond donors (Lipinski definition) is 0. The normalized spacial score (nSPS) is 12.1. The summed E-state index contributed by atoms with van der Waals surface area (Å²) in [6.45, 7) is 1.63. The van der Waals surface area contributed by atoms with E-state index >= 15 is 0 Å². The first kappa shape index (κ1) is 23.8. The molecule has 0 spiro atoms. The predicted molar refractivity (Wildman–Crippen MR) is 142 cm³/mol. The van der Waals surface area contributed by atoms with Crippen LogP contribution in [-0.4, -0.2) is 41.1 Å². The first-order chi connectivity index (χ1) is 18.7. The van der Waals surface area contributed by atoms with Crippen LogP contribution in [0.15, 0.2) is 66.3 Å². The molecule has 5 aromatic rings. The van der Waals surface area contributed by atoms with Crippen molar-refractivity contribution in [1.82, 2.24) is 15.0 Å². The average Bonchev–Trinajstić information content (AvgIpc) is 3.62. The predicted octanol–water partition coefficient (Wildman–Crippen LogP) is 5.50. The van der Waals surface area contributed by atoms with Gasteiger partial charge in [0.1, 0.15) is 24.7 Å². The van der Waals surface area contributed by atoms with Gasteiger partial charge in [0, 0.05) is 35.5 Å². The van der Waals surface area contributed by atoms with E-state index in [-0.39, 0.29) is 5.75 Å². The Hall–Kier alpha value is -4.61. The lowest BCUT2D eigenvalue weighted by Gasteiger charge is -2.17. The number of fused-ring (bicyclic) bond motifs is 1. The molecule has 11 heteroatoms. The van der Waals surface area contributed by atoms with Gasteiger partial charge in [-0.15, -0.1) is 22.7 Å². The summed E-state index contributed by atoms with van der Waals surface area (Å²) < 4.78 is 22.1. The summed E-state index contributed by atoms with van der Waals surface area (Å²) in [6.07, 6.45) is 3.19. The molecular weight excluding hydrogens is 526 g/mol. The lowest BCUT2D eigenvalue weighted by molar-refractivity contribution is -0.121. The third-order valence-corrected chi connectivity index (χ3v) is 7.84. The van der Waals surface area contributed by atoms with Gasteiger partial charge in [0.05, 0.1) is 32.5 Å². The fraction of sp³-hybridized carbons (Fsp3) is 0.0741. The zero-order chi connectivity index (χ0) is 25.9. The molecule has 0 unspecified atom stereocenters. The van der Waals surface area contributed by atoms with E-state index in [4.69, 9.17) is 23.9 Å². The van der Waals surface area contributed by atoms with Crippen molar-refractivity contribution in [3.05, 3.63) is 66.3 Å². The van der Waals surface area contributed by atoms with Gasteiger partial charge >= 0.3 is 0 Å². The Morgan fingerprint density at radius 3 is 2.13 bits per heavy atom. The van der Waals surface area contributed by atoms with Gasteiger partial charge in [-0.05, 0) is 35.2 Å². The Kier molecular flexibility index (Phi) is 6.51. The van der Waals surface area contributed by atoms with Crippen molar-refractivity contribution in [3.8, 4) is 66.0 Å². The molecule has 6 rings (SSSR count). The number of pyridine rings is 3. The van der Waals surface area contributed by atoms with Gasteiger partial charge in [0.15, 0.2) is 11.5 Å². The van der Waals surface area contributed by atoms with Crippen LogP contribution < -0.4 is 18.9 Å². The maximum atomic E-state index is 11.1. The highest BCUT2D eigenvalue weighted by Crippen LogP contribution is 2.54. The zero-order valence-electron chi connectivity index (χ0n) is 19.5. The minimum Gasteiger partial charge on any atom is -0.485 e. The molecule has 0 atom stereocenters. The highest BCUT2D eigenvalue weighted by atomic mass is 32.1. The highest BCUT2D eigenvalue weighted by Gasteiger charge is 2.27. The van der Waals surface area contributed by atoms with Gasteiger partial charge in [-0.25, -0.2) is 4.98 Å². The number of nitrogens with zero attached hydrogens (tertiary/aromatic N) is 3. The fourth-order valence-electron chi connectivity index (χ4n) is 3.99. The van der Waals surface area contributed by atoms with Crippen molar-refractivity contribution >= 4 is 35.6 Å². The van der Waals surface area contributed by atoms with Gasteiger partial charge in [-0.3, -0.25) is 19.6 Å². The Labute approximate surface area is 224 Å². The van der Waals surface area contributed by atoms with Crippen LogP contribution in [0.25, 0.3) is 43.0 Å². The molecular formula is C27H17N3O6S2. The third kappa shape index (κ3) is 4.60. The molecule has 1 aliphatic heterocycles. The van der Waals surface area contributed by atoms with Crippen LogP contribution in [0.2, 0.25) is 0 Å². The molecule has 0 aromatic carbocycles. The second kappa shape index (κ2) is 10.4. The summed E-state index contributed by atoms with van der Waals surface area (Å²) in [5.74, 6) is 2.04. The Balaban J connectivity index is 1.44. The van der Waals surface area contributed by atoms with Crippen molar-refractivity contribution in [2.45, 2.75) is 0 Å². The number of aromatic nitrogens is 3. The largest absolute Gasteiger partial charge is 0.485 e. The second-order valence-electron chi connectivity index (χ2n) is 7.90. The molecule has 1 aliphatic rings. The lowest BCUT2D eigenvalue weighted by atomic mass is 10.1. The molecule has 0 N–H and O–H groups in total. The summed E-state index contributed by atoms with van der Waals surface area (Å²) in [5, 5.41) is 2.03. The summed E-state index contributed by atoms with van der Waals surface area (Å²) >= 11 is 3.24. The van der Waals surface area contributed by atoms with Crippen LogP contribution in [0.3, 0.4) is 0 Å². The SMILES string of the molecule is O=COc1ccnc(-c2cc(OC=O)cc(-c3cc(-c4sc(-c5cccs5)c5c4OCCO5)ccn3)n2)c1. The molecule has 0 aliphatic carbocycles. The molecule has 0 bridgehead atoms. The van der Waals surface area contributed by atoms with Crippen molar-refractivity contribution in [2.24, 2.45) is 0 Å². The van der Waals surface area contributed by atoms with Gasteiger partial charge < -0.3 is 18.9 Å². The van der Waals surface area contributed by atoms with Crippen LogP contribution in [0.5, 0.6) is 23.0 Å². The van der Waals surface area contributed by atoms with Crippen LogP contribution in [0.4, 0.5) is 0 Å². The fourth-order valence-corrected chi connectivity index (χ4v) is 6.03. The molecule has 188 valence electrons. The van der Waals surface area contributed by atoms with Crippen LogP contribution in [0.1, 0.15) is 0 Å². The number of carbonyl (C=O) groups is 2. The van der Waals surface area contributed by atoms with Crippen molar-refractivity contribution < 1.29 is 28.5 Å². The van der Waals surface area contributed by atoms with Crippen LogP contribution in [-0.2, 0) is 9.59 Å². The highest BCUT2D eigenvalue weighted by molar-refractivity contribution is 7.24. The molecule has 9 nitrogen and oxygen atoms in total. The standard InChI is InChI=1S/C27H17N3O6S2/c31-14-35-17-4-6-29-20(11-17)22-13-18(36-15-32)12-21(30-22)19-10-16(3-5-28-19)26-24-25(34-8-7-33-24)27(38-26)23-2-1-9-37-23/h1-6,9-15H,7-8H2. The Morgan fingerprint density at radius 2 is 1.42 bits per heavy atom. The molecule has 6 heterocycles. The number of rotatable bonds is 8. The molecule has 0 radical (unpaired) electrons. The van der Waals surface area contributed by atoms with Gasteiger partial charge in [-0.1, -0.05) is 6.07 Å². The van der Waals surface area contributed by atoms with E-state index in [1.54, 1.807) is 53.1 Å². The average molecular weight is 544 g/mol. The van der Waals surface area contributed by atoms with Crippen molar-refractivity contribution in [3.63, 3.8) is 0 Å². The second-order valence-corrected chi connectivity index (χ2v) is 9.87. The van der Waals surface area contributed by atoms with E-state index in [9.17, 15) is 9.59 Å². The summed E-state index contributed by atoms with van der Waals surface area (Å²) in [4.78, 5) is 38.5. The molecule has 0 fully saturated rings. The molecule has 0 amide bonds. The van der Waals surface area contributed by atoms with E-state index in [2.05, 4.69) is 16.0 Å². The smallest absolute Gasteiger partial charge is 0.298 e.